The zero-order valence-electron chi connectivity index (χ0n) is 16.3. The average molecular weight is 465 g/mol. The average Bonchev–Trinajstić information content (AvgIpc) is 3.04. The molecule has 1 aliphatic heterocycles. The van der Waals surface area contributed by atoms with Crippen LogP contribution in [-0.2, 0) is 0 Å². The van der Waals surface area contributed by atoms with Gasteiger partial charge >= 0.3 is 5.97 Å². The molecule has 0 saturated carbocycles. The summed E-state index contributed by atoms with van der Waals surface area (Å²) in [5.41, 5.74) is 2.32. The normalized spacial score (nSPS) is 13.7. The maximum absolute atomic E-state index is 12.8. The smallest absolute Gasteiger partial charge is 0.344 e. The minimum Gasteiger partial charge on any atom is -0.497 e. The van der Waals surface area contributed by atoms with Gasteiger partial charge in [0, 0.05) is 10.5 Å². The number of hydrogen-bond donors (Lipinski definition) is 0. The number of Topliss-reactive ketones (excluding diaryl/α,β-unsaturated/α-hetero) is 1. The van der Waals surface area contributed by atoms with E-state index in [9.17, 15) is 9.59 Å². The molecule has 0 atom stereocenters. The Morgan fingerprint density at radius 1 is 1.03 bits per heavy atom. The molecule has 0 fully saturated rings. The summed E-state index contributed by atoms with van der Waals surface area (Å²) < 4.78 is 17.2. The number of benzene rings is 3. The first kappa shape index (κ1) is 19.9. The molecule has 1 heterocycles. The van der Waals surface area contributed by atoms with Gasteiger partial charge in [-0.2, -0.15) is 0 Å². The fourth-order valence-electron chi connectivity index (χ4n) is 3.21. The van der Waals surface area contributed by atoms with Crippen LogP contribution in [0, 0.1) is 6.92 Å². The number of ether oxygens (including phenoxy) is 3. The van der Waals surface area contributed by atoms with Crippen molar-refractivity contribution in [3.8, 4) is 17.2 Å². The number of rotatable bonds is 4. The predicted octanol–water partition coefficient (Wildman–Crippen LogP) is 5.60. The van der Waals surface area contributed by atoms with Crippen molar-refractivity contribution in [1.82, 2.24) is 0 Å². The van der Waals surface area contributed by atoms with E-state index >= 15 is 0 Å². The van der Waals surface area contributed by atoms with Crippen molar-refractivity contribution >= 4 is 33.8 Å². The van der Waals surface area contributed by atoms with Crippen molar-refractivity contribution in [3.05, 3.63) is 93.1 Å². The Balaban J connectivity index is 1.62. The third-order valence-electron chi connectivity index (χ3n) is 4.64. The van der Waals surface area contributed by atoms with Crippen LogP contribution in [0.1, 0.15) is 31.8 Å². The molecule has 4 rings (SSSR count). The van der Waals surface area contributed by atoms with E-state index in [2.05, 4.69) is 15.9 Å². The number of allylic oxidation sites excluding steroid dienone is 1. The van der Waals surface area contributed by atoms with Gasteiger partial charge in [-0.25, -0.2) is 4.79 Å². The molecule has 0 aliphatic carbocycles. The highest BCUT2D eigenvalue weighted by atomic mass is 79.9. The number of aryl methyl sites for hydroxylation is 1. The maximum Gasteiger partial charge on any atom is 0.344 e. The number of hydrogen-bond acceptors (Lipinski definition) is 5. The molecule has 0 N–H and O–H groups in total. The van der Waals surface area contributed by atoms with Gasteiger partial charge in [0.2, 0.25) is 5.78 Å². The summed E-state index contributed by atoms with van der Waals surface area (Å²) in [5, 5.41) is 0. The van der Waals surface area contributed by atoms with Crippen molar-refractivity contribution in [2.24, 2.45) is 0 Å². The molecule has 1 aliphatic rings. The van der Waals surface area contributed by atoms with E-state index in [1.54, 1.807) is 50.4 Å². The third kappa shape index (κ3) is 3.86. The van der Waals surface area contributed by atoms with Crippen molar-refractivity contribution in [2.75, 3.05) is 7.11 Å². The minimum atomic E-state index is -0.502. The summed E-state index contributed by atoms with van der Waals surface area (Å²) in [6, 6.07) is 17.5. The highest BCUT2D eigenvalue weighted by Crippen LogP contribution is 2.38. The van der Waals surface area contributed by atoms with Gasteiger partial charge in [0.25, 0.3) is 0 Å². The quantitative estimate of drug-likeness (QED) is 0.285. The van der Waals surface area contributed by atoms with E-state index in [1.165, 1.54) is 0 Å². The summed E-state index contributed by atoms with van der Waals surface area (Å²) in [5.74, 6) is 0.846. The van der Waals surface area contributed by atoms with Crippen LogP contribution in [0.3, 0.4) is 0 Å². The van der Waals surface area contributed by atoms with Crippen LogP contribution in [0.4, 0.5) is 0 Å². The molecule has 0 aromatic heterocycles. The summed E-state index contributed by atoms with van der Waals surface area (Å²) in [6.45, 7) is 1.78. The molecule has 0 amide bonds. The molecule has 3 aromatic rings. The molecule has 6 heteroatoms. The lowest BCUT2D eigenvalue weighted by molar-refractivity contribution is 0.0733. The van der Waals surface area contributed by atoms with Crippen LogP contribution >= 0.6 is 15.9 Å². The number of halogens is 1. The first-order valence-corrected chi connectivity index (χ1v) is 9.95. The van der Waals surface area contributed by atoms with Crippen LogP contribution in [0.25, 0.3) is 6.08 Å². The summed E-state index contributed by atoms with van der Waals surface area (Å²) in [6.07, 6.45) is 1.66. The van der Waals surface area contributed by atoms with Crippen LogP contribution < -0.4 is 14.2 Å². The zero-order chi connectivity index (χ0) is 21.3. The van der Waals surface area contributed by atoms with E-state index in [0.29, 0.717) is 38.4 Å². The van der Waals surface area contributed by atoms with Crippen molar-refractivity contribution in [3.63, 3.8) is 0 Å². The number of fused-ring (bicyclic) bond motifs is 1. The second-order valence-corrected chi connectivity index (χ2v) is 7.55. The number of carbonyl (C=O) groups excluding carboxylic acids is 2. The van der Waals surface area contributed by atoms with Gasteiger partial charge in [0.05, 0.1) is 18.2 Å². The standard InChI is InChI=1S/C24H17BrO5/c1-14-10-17(29-24(27)18-8-3-4-9-19(18)25)13-20-22(14)23(26)21(30-20)12-15-6-5-7-16(11-15)28-2/h3-13H,1-2H3/b21-12-. The predicted molar refractivity (Wildman–Crippen MR) is 116 cm³/mol. The Morgan fingerprint density at radius 2 is 1.83 bits per heavy atom. The maximum atomic E-state index is 12.8. The van der Waals surface area contributed by atoms with Gasteiger partial charge < -0.3 is 14.2 Å². The van der Waals surface area contributed by atoms with Gasteiger partial charge in [-0.05, 0) is 70.4 Å². The topological polar surface area (TPSA) is 61.8 Å². The van der Waals surface area contributed by atoms with E-state index in [4.69, 9.17) is 14.2 Å². The largest absolute Gasteiger partial charge is 0.497 e. The van der Waals surface area contributed by atoms with E-state index in [-0.39, 0.29) is 11.5 Å². The van der Waals surface area contributed by atoms with Gasteiger partial charge in [-0.15, -0.1) is 0 Å². The molecule has 0 saturated heterocycles. The summed E-state index contributed by atoms with van der Waals surface area (Å²) >= 11 is 3.35. The van der Waals surface area contributed by atoms with Crippen molar-refractivity contribution in [1.29, 1.82) is 0 Å². The number of methoxy groups -OCH3 is 1. The lowest BCUT2D eigenvalue weighted by Crippen LogP contribution is -2.09. The first-order valence-electron chi connectivity index (χ1n) is 9.16. The van der Waals surface area contributed by atoms with E-state index < -0.39 is 5.97 Å². The van der Waals surface area contributed by atoms with Gasteiger partial charge in [0.15, 0.2) is 5.76 Å². The molecule has 0 radical (unpaired) electrons. The number of carbonyl (C=O) groups is 2. The Morgan fingerprint density at radius 3 is 2.60 bits per heavy atom. The second-order valence-electron chi connectivity index (χ2n) is 6.70. The van der Waals surface area contributed by atoms with Crippen LogP contribution in [-0.4, -0.2) is 18.9 Å². The second kappa shape index (κ2) is 8.16. The van der Waals surface area contributed by atoms with Crippen molar-refractivity contribution < 1.29 is 23.8 Å². The molecule has 0 unspecified atom stereocenters. The Hall–Kier alpha value is -3.38. The summed E-state index contributed by atoms with van der Waals surface area (Å²) in [7, 11) is 1.58. The van der Waals surface area contributed by atoms with Crippen LogP contribution in [0.2, 0.25) is 0 Å². The number of ketones is 1. The molecule has 5 nitrogen and oxygen atoms in total. The molecule has 30 heavy (non-hydrogen) atoms. The molecule has 150 valence electrons. The SMILES string of the molecule is COc1cccc(/C=C2\Oc3cc(OC(=O)c4ccccc4Br)cc(C)c3C2=O)c1. The first-order chi connectivity index (χ1) is 14.5. The van der Waals surface area contributed by atoms with Gasteiger partial charge in [0.1, 0.15) is 17.2 Å². The summed E-state index contributed by atoms with van der Waals surface area (Å²) in [4.78, 5) is 25.3. The molecule has 3 aromatic carbocycles. The monoisotopic (exact) mass is 464 g/mol. The number of esters is 1. The van der Waals surface area contributed by atoms with Crippen molar-refractivity contribution in [2.45, 2.75) is 6.92 Å². The fraction of sp³-hybridized carbons (Fsp3) is 0.0833. The third-order valence-corrected chi connectivity index (χ3v) is 5.33. The fourth-order valence-corrected chi connectivity index (χ4v) is 3.65. The Labute approximate surface area is 182 Å². The minimum absolute atomic E-state index is 0.204. The Bertz CT molecular complexity index is 1200. The van der Waals surface area contributed by atoms with E-state index in [0.717, 1.165) is 5.56 Å². The zero-order valence-corrected chi connectivity index (χ0v) is 17.9. The van der Waals surface area contributed by atoms with Gasteiger partial charge in [-0.3, -0.25) is 4.79 Å². The highest BCUT2D eigenvalue weighted by molar-refractivity contribution is 9.10. The Kier molecular flexibility index (Phi) is 5.42. The highest BCUT2D eigenvalue weighted by Gasteiger charge is 2.30. The molecule has 0 spiro atoms. The van der Waals surface area contributed by atoms with E-state index in [1.807, 2.05) is 30.3 Å². The molecular weight excluding hydrogens is 448 g/mol. The lowest BCUT2D eigenvalue weighted by atomic mass is 10.0. The molecule has 0 bridgehead atoms. The van der Waals surface area contributed by atoms with Crippen LogP contribution in [0.15, 0.2) is 70.9 Å². The molecular formula is C24H17BrO5. The van der Waals surface area contributed by atoms with Crippen LogP contribution in [0.5, 0.6) is 17.2 Å². The lowest BCUT2D eigenvalue weighted by Gasteiger charge is -2.08. The van der Waals surface area contributed by atoms with Gasteiger partial charge in [-0.1, -0.05) is 24.3 Å².